The van der Waals surface area contributed by atoms with Crippen molar-refractivity contribution in [1.29, 1.82) is 5.26 Å². The van der Waals surface area contributed by atoms with Crippen LogP contribution in [-0.4, -0.2) is 119 Å². The zero-order chi connectivity index (χ0) is 23.2. The maximum Gasteiger partial charge on any atom is 0.336 e. The van der Waals surface area contributed by atoms with E-state index in [1.807, 2.05) is 0 Å². The molecule has 0 aromatic carbocycles. The fraction of sp³-hybridized carbons (Fsp3) is 0.812. The van der Waals surface area contributed by atoms with E-state index in [0.29, 0.717) is 5.84 Å². The van der Waals surface area contributed by atoms with Crippen molar-refractivity contribution >= 4 is 11.7 Å². The average molecular weight is 432 g/mol. The van der Waals surface area contributed by atoms with E-state index in [-0.39, 0.29) is 11.3 Å². The molecule has 0 aromatic heterocycles. The zero-order valence-corrected chi connectivity index (χ0v) is 17.0. The third-order valence-corrected chi connectivity index (χ3v) is 5.58. The molecule has 2 aliphatic heterocycles. The lowest BCUT2D eigenvalue weighted by Crippen LogP contribution is -2.79. The largest absolute Gasteiger partial charge is 0.361 e. The van der Waals surface area contributed by atoms with Gasteiger partial charge in [-0.25, -0.2) is 9.80 Å². The Kier molecular flexibility index (Phi) is 6.46. The van der Waals surface area contributed by atoms with Gasteiger partial charge in [0.15, 0.2) is 6.35 Å². The number of carbonyl (C=O) groups is 1. The Morgan fingerprint density at radius 1 is 1.37 bits per heavy atom. The highest BCUT2D eigenvalue weighted by atomic mass is 16.6. The van der Waals surface area contributed by atoms with Gasteiger partial charge in [0.1, 0.15) is 11.9 Å². The van der Waals surface area contributed by atoms with Crippen LogP contribution >= 0.6 is 0 Å². The van der Waals surface area contributed by atoms with Gasteiger partial charge in [-0.1, -0.05) is 6.92 Å². The summed E-state index contributed by atoms with van der Waals surface area (Å²) in [5.74, 6) is -12.7. The molecule has 0 bridgehead atoms. The van der Waals surface area contributed by atoms with E-state index in [9.17, 15) is 40.5 Å². The Bertz CT molecular complexity index is 751. The molecule has 2 aliphatic rings. The molecule has 0 saturated carbocycles. The van der Waals surface area contributed by atoms with E-state index in [2.05, 4.69) is 10.3 Å². The van der Waals surface area contributed by atoms with E-state index < -0.39 is 54.4 Å². The predicted molar refractivity (Wildman–Crippen MR) is 98.0 cm³/mol. The van der Waals surface area contributed by atoms with Gasteiger partial charge in [-0.3, -0.25) is 14.7 Å². The maximum atomic E-state index is 12.4. The Hall–Kier alpha value is -1.93. The van der Waals surface area contributed by atoms with E-state index in [0.717, 1.165) is 6.07 Å². The summed E-state index contributed by atoms with van der Waals surface area (Å²) in [7, 11) is 4.50. The van der Waals surface area contributed by atoms with Crippen LogP contribution in [0.15, 0.2) is 4.99 Å². The fourth-order valence-electron chi connectivity index (χ4n) is 4.17. The highest BCUT2D eigenvalue weighted by Gasteiger charge is 2.64. The first-order valence-corrected chi connectivity index (χ1v) is 9.06. The molecule has 0 aromatic rings. The number of nitriles is 1. The minimum Gasteiger partial charge on any atom is -0.361 e. The van der Waals surface area contributed by atoms with Crippen molar-refractivity contribution in [1.82, 2.24) is 20.0 Å². The van der Waals surface area contributed by atoms with Crippen LogP contribution in [0.3, 0.4) is 0 Å². The summed E-state index contributed by atoms with van der Waals surface area (Å²) in [5.41, 5.74) is 0. The molecule has 14 nitrogen and oxygen atoms in total. The number of aliphatic imine (C=N–C) groups is 1. The first-order valence-electron chi connectivity index (χ1n) is 9.06. The van der Waals surface area contributed by atoms with E-state index in [4.69, 9.17) is 5.26 Å². The van der Waals surface area contributed by atoms with Gasteiger partial charge in [0, 0.05) is 19.9 Å². The molecule has 30 heavy (non-hydrogen) atoms. The van der Waals surface area contributed by atoms with Crippen LogP contribution in [0, 0.1) is 17.2 Å². The molecule has 8 N–H and O–H groups in total. The van der Waals surface area contributed by atoms with Crippen LogP contribution in [0.4, 0.5) is 0 Å². The maximum absolute atomic E-state index is 12.4. The predicted octanol–water partition coefficient (Wildman–Crippen LogP) is -4.81. The smallest absolute Gasteiger partial charge is 0.336 e. The number of rotatable bonds is 3. The van der Waals surface area contributed by atoms with E-state index in [1.54, 1.807) is 7.05 Å². The van der Waals surface area contributed by atoms with Crippen LogP contribution in [0.1, 0.15) is 19.8 Å². The van der Waals surface area contributed by atoms with Crippen molar-refractivity contribution < 1.29 is 40.5 Å². The number of hydrogen-bond donors (Lipinski definition) is 8. The van der Waals surface area contributed by atoms with Gasteiger partial charge in [0.05, 0.1) is 12.2 Å². The lowest BCUT2D eigenvalue weighted by Gasteiger charge is -2.57. The molecule has 1 amide bonds. The second-order valence-electron chi connectivity index (χ2n) is 7.72. The molecular weight excluding hydrogens is 404 g/mol. The second kappa shape index (κ2) is 7.96. The van der Waals surface area contributed by atoms with Crippen molar-refractivity contribution in [3.63, 3.8) is 0 Å². The standard InChI is InChI=1S/C16H28N6O8/c1-8-6-15(27,28)22(12(23)14(25,26)7-17)16(29,30)11(8)20(3)10-5-9(18-2)19-13(24)21(10)4/h8,10-11,13,24-30H,5-6H2,1-4H3,(H,18,19). The molecule has 4 unspecified atom stereocenters. The third kappa shape index (κ3) is 3.99. The summed E-state index contributed by atoms with van der Waals surface area (Å²) >= 11 is 0. The van der Waals surface area contributed by atoms with Crippen LogP contribution in [-0.2, 0) is 4.79 Å². The highest BCUT2D eigenvalue weighted by molar-refractivity contribution is 5.87. The van der Waals surface area contributed by atoms with Gasteiger partial charge >= 0.3 is 11.7 Å². The number of piperidine rings is 1. The summed E-state index contributed by atoms with van der Waals surface area (Å²) in [5, 5.41) is 83.1. The van der Waals surface area contributed by atoms with Crippen LogP contribution in [0.5, 0.6) is 0 Å². The first-order chi connectivity index (χ1) is 13.6. The number of nitrogens with zero attached hydrogens (tertiary/aromatic N) is 5. The van der Waals surface area contributed by atoms with Crippen molar-refractivity contribution in [3.05, 3.63) is 0 Å². The number of likely N-dealkylation sites (N-methyl/N-ethyl adjacent to an activating group) is 1. The Morgan fingerprint density at radius 3 is 2.43 bits per heavy atom. The number of amidine groups is 1. The van der Waals surface area contributed by atoms with Gasteiger partial charge in [0.25, 0.3) is 11.8 Å². The van der Waals surface area contributed by atoms with E-state index >= 15 is 0 Å². The minimum atomic E-state index is -3.74. The molecule has 2 fully saturated rings. The van der Waals surface area contributed by atoms with Gasteiger partial charge < -0.3 is 41.1 Å². The summed E-state index contributed by atoms with van der Waals surface area (Å²) in [6.07, 6.45) is -2.25. The number of nitrogens with one attached hydrogen (secondary N) is 1. The SMILES string of the molecule is CN=C1CC(N(C)C2C(C)CC(O)(O)N(C(=O)C(O)(O)C#N)C2(O)O)N(C)C(O)N1. The highest BCUT2D eigenvalue weighted by Crippen LogP contribution is 2.41. The summed E-state index contributed by atoms with van der Waals surface area (Å²) in [4.78, 5) is 18.9. The fourth-order valence-corrected chi connectivity index (χ4v) is 4.17. The van der Waals surface area contributed by atoms with Crippen molar-refractivity contribution in [3.8, 4) is 6.07 Å². The number of hydrogen-bond acceptors (Lipinski definition) is 12. The number of aliphatic hydroxyl groups excluding tert-OH is 1. The lowest BCUT2D eigenvalue weighted by molar-refractivity contribution is -0.419. The summed E-state index contributed by atoms with van der Waals surface area (Å²) in [6, 6.07) is -0.548. The van der Waals surface area contributed by atoms with E-state index in [1.165, 1.54) is 30.8 Å². The van der Waals surface area contributed by atoms with Crippen molar-refractivity contribution in [2.45, 2.75) is 55.9 Å². The number of carbonyl (C=O) groups excluding carboxylic acids is 1. The van der Waals surface area contributed by atoms with Crippen molar-refractivity contribution in [2.75, 3.05) is 21.1 Å². The molecule has 14 heteroatoms. The third-order valence-electron chi connectivity index (χ3n) is 5.58. The Labute approximate surface area is 172 Å². The minimum absolute atomic E-state index is 0.208. The zero-order valence-electron chi connectivity index (χ0n) is 17.0. The second-order valence-corrected chi connectivity index (χ2v) is 7.72. The molecule has 0 spiro atoms. The van der Waals surface area contributed by atoms with Gasteiger partial charge in [-0.2, -0.15) is 5.26 Å². The lowest BCUT2D eigenvalue weighted by atomic mass is 9.85. The molecule has 2 heterocycles. The molecule has 2 rings (SSSR count). The number of aliphatic hydroxyl groups is 7. The average Bonchev–Trinajstić information content (AvgIpc) is 2.61. The van der Waals surface area contributed by atoms with Gasteiger partial charge in [-0.05, 0) is 20.0 Å². The molecule has 0 aliphatic carbocycles. The van der Waals surface area contributed by atoms with Crippen LogP contribution < -0.4 is 5.32 Å². The topological polar surface area (TPSA) is 217 Å². The Balaban J connectivity index is 2.49. The van der Waals surface area contributed by atoms with Gasteiger partial charge in [0.2, 0.25) is 0 Å². The van der Waals surface area contributed by atoms with Crippen molar-refractivity contribution in [2.24, 2.45) is 10.9 Å². The quantitative estimate of drug-likeness (QED) is 0.156. The molecule has 4 atom stereocenters. The normalized spacial score (nSPS) is 33.3. The Morgan fingerprint density at radius 2 is 1.93 bits per heavy atom. The summed E-state index contributed by atoms with van der Waals surface area (Å²) in [6.45, 7) is 1.47. The van der Waals surface area contributed by atoms with Crippen LogP contribution in [0.2, 0.25) is 0 Å². The summed E-state index contributed by atoms with van der Waals surface area (Å²) < 4.78 is 0. The van der Waals surface area contributed by atoms with Crippen LogP contribution in [0.25, 0.3) is 0 Å². The first kappa shape index (κ1) is 24.3. The molecule has 170 valence electrons. The molecule has 2 saturated heterocycles. The molecular formula is C16H28N6O8. The monoisotopic (exact) mass is 432 g/mol. The van der Waals surface area contributed by atoms with Gasteiger partial charge in [-0.15, -0.1) is 0 Å². The number of amides is 1. The number of likely N-dealkylation sites (tertiary alicyclic amines) is 1. The molecule has 0 radical (unpaired) electrons.